The van der Waals surface area contributed by atoms with Gasteiger partial charge >= 0.3 is 0 Å². The normalized spacial score (nSPS) is 26.8. The smallest absolute Gasteiger partial charge is 0.165 e. The molecule has 0 aromatic heterocycles. The van der Waals surface area contributed by atoms with Crippen LogP contribution >= 0.6 is 0 Å². The topological polar surface area (TPSA) is 35.2 Å². The highest BCUT2D eigenvalue weighted by Crippen LogP contribution is 2.35. The van der Waals surface area contributed by atoms with Crippen LogP contribution in [0.15, 0.2) is 18.2 Å². The van der Waals surface area contributed by atoms with E-state index in [0.717, 1.165) is 30.7 Å². The second kappa shape index (κ2) is 6.57. The standard InChI is InChI=1S/C17H26FNO/c1-11(2)13-5-6-16(19)14(10-13)8-12-4-7-17(20-3)15(18)9-12/h4,7,9,11,13-14,16H,5-6,8,10,19H2,1-3H3. The molecule has 2 nitrogen and oxygen atoms in total. The second-order valence-electron chi connectivity index (χ2n) is 6.41. The first kappa shape index (κ1) is 15.3. The molecule has 0 amide bonds. The summed E-state index contributed by atoms with van der Waals surface area (Å²) in [6, 6.07) is 5.49. The van der Waals surface area contributed by atoms with Crippen LogP contribution in [0.3, 0.4) is 0 Å². The first-order valence-corrected chi connectivity index (χ1v) is 7.59. The number of halogens is 1. The van der Waals surface area contributed by atoms with E-state index < -0.39 is 0 Å². The van der Waals surface area contributed by atoms with Crippen molar-refractivity contribution in [2.45, 2.75) is 45.6 Å². The van der Waals surface area contributed by atoms with Crippen LogP contribution in [0, 0.1) is 23.6 Å². The van der Waals surface area contributed by atoms with Crippen molar-refractivity contribution in [1.82, 2.24) is 0 Å². The summed E-state index contributed by atoms with van der Waals surface area (Å²) in [7, 11) is 1.49. The third-order valence-electron chi connectivity index (χ3n) is 4.74. The molecule has 112 valence electrons. The quantitative estimate of drug-likeness (QED) is 0.910. The lowest BCUT2D eigenvalue weighted by Gasteiger charge is -2.36. The lowest BCUT2D eigenvalue weighted by atomic mass is 9.72. The van der Waals surface area contributed by atoms with Crippen molar-refractivity contribution in [2.24, 2.45) is 23.5 Å². The fourth-order valence-corrected chi connectivity index (χ4v) is 3.30. The summed E-state index contributed by atoms with van der Waals surface area (Å²) in [5.41, 5.74) is 7.29. The van der Waals surface area contributed by atoms with E-state index in [4.69, 9.17) is 10.5 Å². The Hall–Kier alpha value is -1.09. The highest BCUT2D eigenvalue weighted by Gasteiger charge is 2.29. The van der Waals surface area contributed by atoms with Gasteiger partial charge in [0.25, 0.3) is 0 Å². The predicted octanol–water partition coefficient (Wildman–Crippen LogP) is 3.78. The Morgan fingerprint density at radius 3 is 2.70 bits per heavy atom. The van der Waals surface area contributed by atoms with Crippen molar-refractivity contribution in [1.29, 1.82) is 0 Å². The zero-order valence-corrected chi connectivity index (χ0v) is 12.7. The van der Waals surface area contributed by atoms with Crippen LogP contribution in [0.2, 0.25) is 0 Å². The molecule has 1 aromatic carbocycles. The van der Waals surface area contributed by atoms with E-state index in [0.29, 0.717) is 17.6 Å². The molecular weight excluding hydrogens is 253 g/mol. The van der Waals surface area contributed by atoms with Crippen LogP contribution in [-0.2, 0) is 6.42 Å². The molecule has 3 unspecified atom stereocenters. The average Bonchev–Trinajstić information content (AvgIpc) is 2.41. The van der Waals surface area contributed by atoms with E-state index in [1.807, 2.05) is 6.07 Å². The minimum Gasteiger partial charge on any atom is -0.494 e. The van der Waals surface area contributed by atoms with Crippen LogP contribution in [0.5, 0.6) is 5.75 Å². The van der Waals surface area contributed by atoms with Gasteiger partial charge in [-0.2, -0.15) is 0 Å². The van der Waals surface area contributed by atoms with Crippen molar-refractivity contribution in [3.63, 3.8) is 0 Å². The van der Waals surface area contributed by atoms with E-state index in [1.165, 1.54) is 13.5 Å². The third kappa shape index (κ3) is 3.51. The van der Waals surface area contributed by atoms with E-state index >= 15 is 0 Å². The number of rotatable bonds is 4. The van der Waals surface area contributed by atoms with Crippen LogP contribution < -0.4 is 10.5 Å². The first-order valence-electron chi connectivity index (χ1n) is 7.59. The molecule has 0 saturated heterocycles. The molecule has 1 aliphatic carbocycles. The number of hydrogen-bond acceptors (Lipinski definition) is 2. The van der Waals surface area contributed by atoms with Gasteiger partial charge < -0.3 is 10.5 Å². The molecule has 0 spiro atoms. The van der Waals surface area contributed by atoms with Crippen molar-refractivity contribution in [3.05, 3.63) is 29.6 Å². The molecule has 0 heterocycles. The van der Waals surface area contributed by atoms with E-state index in [1.54, 1.807) is 12.1 Å². The predicted molar refractivity (Wildman–Crippen MR) is 80.3 cm³/mol. The Morgan fingerprint density at radius 1 is 1.35 bits per heavy atom. The zero-order valence-electron chi connectivity index (χ0n) is 12.7. The fraction of sp³-hybridized carbons (Fsp3) is 0.647. The lowest BCUT2D eigenvalue weighted by Crippen LogP contribution is -2.38. The van der Waals surface area contributed by atoms with Crippen molar-refractivity contribution in [2.75, 3.05) is 7.11 Å². The highest BCUT2D eigenvalue weighted by molar-refractivity contribution is 5.29. The number of nitrogens with two attached hydrogens (primary N) is 1. The van der Waals surface area contributed by atoms with Crippen LogP contribution in [-0.4, -0.2) is 13.2 Å². The maximum atomic E-state index is 13.8. The van der Waals surface area contributed by atoms with E-state index in [-0.39, 0.29) is 11.9 Å². The molecule has 3 atom stereocenters. The molecule has 0 aliphatic heterocycles. The molecule has 1 aliphatic rings. The lowest BCUT2D eigenvalue weighted by molar-refractivity contribution is 0.189. The zero-order chi connectivity index (χ0) is 14.7. The van der Waals surface area contributed by atoms with Gasteiger partial charge in [-0.05, 0) is 61.1 Å². The van der Waals surface area contributed by atoms with Crippen LogP contribution in [0.1, 0.15) is 38.7 Å². The van der Waals surface area contributed by atoms with Gasteiger partial charge in [0.1, 0.15) is 0 Å². The number of methoxy groups -OCH3 is 1. The SMILES string of the molecule is COc1ccc(CC2CC(C(C)C)CCC2N)cc1F. The second-order valence-corrected chi connectivity index (χ2v) is 6.41. The number of benzene rings is 1. The summed E-state index contributed by atoms with van der Waals surface area (Å²) < 4.78 is 18.7. The summed E-state index contributed by atoms with van der Waals surface area (Å²) in [6.07, 6.45) is 4.34. The molecule has 1 aromatic rings. The molecule has 2 rings (SSSR count). The van der Waals surface area contributed by atoms with Crippen molar-refractivity contribution in [3.8, 4) is 5.75 Å². The minimum atomic E-state index is -0.283. The van der Waals surface area contributed by atoms with Gasteiger partial charge in [-0.1, -0.05) is 19.9 Å². The Kier molecular flexibility index (Phi) is 5.03. The molecule has 20 heavy (non-hydrogen) atoms. The van der Waals surface area contributed by atoms with Crippen molar-refractivity contribution < 1.29 is 9.13 Å². The molecule has 3 heteroatoms. The van der Waals surface area contributed by atoms with Crippen LogP contribution in [0.4, 0.5) is 4.39 Å². The maximum absolute atomic E-state index is 13.8. The summed E-state index contributed by atoms with van der Waals surface area (Å²) in [4.78, 5) is 0. The Labute approximate surface area is 121 Å². The average molecular weight is 279 g/mol. The number of hydrogen-bond donors (Lipinski definition) is 1. The number of ether oxygens (including phenoxy) is 1. The van der Waals surface area contributed by atoms with Crippen LogP contribution in [0.25, 0.3) is 0 Å². The first-order chi connectivity index (χ1) is 9.51. The third-order valence-corrected chi connectivity index (χ3v) is 4.74. The molecule has 1 fully saturated rings. The van der Waals surface area contributed by atoms with Gasteiger partial charge in [0, 0.05) is 6.04 Å². The monoisotopic (exact) mass is 279 g/mol. The van der Waals surface area contributed by atoms with E-state index in [9.17, 15) is 4.39 Å². The van der Waals surface area contributed by atoms with Gasteiger partial charge in [-0.15, -0.1) is 0 Å². The van der Waals surface area contributed by atoms with Gasteiger partial charge in [0.2, 0.25) is 0 Å². The molecule has 2 N–H and O–H groups in total. The molecule has 0 radical (unpaired) electrons. The molecular formula is C17H26FNO. The summed E-state index contributed by atoms with van der Waals surface area (Å²) in [6.45, 7) is 4.57. The Bertz CT molecular complexity index is 447. The van der Waals surface area contributed by atoms with Gasteiger partial charge in [0.15, 0.2) is 11.6 Å². The maximum Gasteiger partial charge on any atom is 0.165 e. The van der Waals surface area contributed by atoms with Crippen molar-refractivity contribution >= 4 is 0 Å². The highest BCUT2D eigenvalue weighted by atomic mass is 19.1. The molecule has 1 saturated carbocycles. The summed E-state index contributed by atoms with van der Waals surface area (Å²) >= 11 is 0. The van der Waals surface area contributed by atoms with Gasteiger partial charge in [-0.3, -0.25) is 0 Å². The fourth-order valence-electron chi connectivity index (χ4n) is 3.30. The Morgan fingerprint density at radius 2 is 2.10 bits per heavy atom. The van der Waals surface area contributed by atoms with Gasteiger partial charge in [-0.25, -0.2) is 4.39 Å². The Balaban J connectivity index is 2.05. The summed E-state index contributed by atoms with van der Waals surface area (Å²) in [5.74, 6) is 1.95. The van der Waals surface area contributed by atoms with Gasteiger partial charge in [0.05, 0.1) is 7.11 Å². The molecule has 0 bridgehead atoms. The van der Waals surface area contributed by atoms with E-state index in [2.05, 4.69) is 13.8 Å². The largest absolute Gasteiger partial charge is 0.494 e. The minimum absolute atomic E-state index is 0.246. The summed E-state index contributed by atoms with van der Waals surface area (Å²) in [5, 5.41) is 0.